The van der Waals surface area contributed by atoms with E-state index in [0.717, 1.165) is 0 Å². The fraction of sp³-hybridized carbons (Fsp3) is 0.579. The van der Waals surface area contributed by atoms with Crippen LogP contribution in [0.3, 0.4) is 0 Å². The molecule has 1 aromatic rings. The molecule has 0 fully saturated rings. The molecular formula is C19H27F3N2O8S2. The minimum absolute atomic E-state index is 0.00901. The largest absolute Gasteiger partial charge is 0.493 e. The van der Waals surface area contributed by atoms with Gasteiger partial charge >= 0.3 is 32.3 Å². The second kappa shape index (κ2) is 13.4. The molecule has 0 aliphatic carbocycles. The highest BCUT2D eigenvalue weighted by Crippen LogP contribution is 2.19. The summed E-state index contributed by atoms with van der Waals surface area (Å²) in [5, 5.41) is 6.19. The van der Waals surface area contributed by atoms with Crippen molar-refractivity contribution in [2.45, 2.75) is 46.2 Å². The molecule has 0 aliphatic rings. The fourth-order valence-electron chi connectivity index (χ4n) is 2.20. The topological polar surface area (TPSA) is 130 Å². The molecule has 0 bridgehead atoms. The van der Waals surface area contributed by atoms with E-state index in [9.17, 15) is 30.0 Å². The lowest BCUT2D eigenvalue weighted by Crippen LogP contribution is -2.27. The summed E-state index contributed by atoms with van der Waals surface area (Å²) in [6, 6.07) is 6.32. The van der Waals surface area contributed by atoms with Crippen molar-refractivity contribution in [3.8, 4) is 5.75 Å². The lowest BCUT2D eigenvalue weighted by atomic mass is 10.1. The SMILES string of the molecule is CCCS(=O)(=O)O/N=C(\C)c1ccc(OCCCO/C(=N/OS(=O)(=O)CCC)C(F)(F)F)cc1. The molecule has 0 amide bonds. The van der Waals surface area contributed by atoms with Crippen LogP contribution in [0.5, 0.6) is 5.75 Å². The van der Waals surface area contributed by atoms with Crippen molar-refractivity contribution in [2.75, 3.05) is 24.7 Å². The Kier molecular flexibility index (Phi) is 11.6. The first-order chi connectivity index (χ1) is 15.8. The Labute approximate surface area is 196 Å². The first-order valence-corrected chi connectivity index (χ1v) is 13.3. The molecule has 0 radical (unpaired) electrons. The van der Waals surface area contributed by atoms with E-state index in [-0.39, 0.29) is 25.2 Å². The Morgan fingerprint density at radius 3 is 1.91 bits per heavy atom. The maximum atomic E-state index is 12.9. The van der Waals surface area contributed by atoms with Gasteiger partial charge in [-0.15, -0.1) is 0 Å². The predicted octanol–water partition coefficient (Wildman–Crippen LogP) is 3.58. The monoisotopic (exact) mass is 532 g/mol. The van der Waals surface area contributed by atoms with Crippen LogP contribution in [-0.4, -0.2) is 59.3 Å². The summed E-state index contributed by atoms with van der Waals surface area (Å²) in [6.45, 7) is 4.31. The van der Waals surface area contributed by atoms with Crippen molar-refractivity contribution in [2.24, 2.45) is 10.3 Å². The minimum atomic E-state index is -5.03. The van der Waals surface area contributed by atoms with Gasteiger partial charge in [-0.3, -0.25) is 8.57 Å². The molecule has 0 saturated heterocycles. The molecule has 34 heavy (non-hydrogen) atoms. The van der Waals surface area contributed by atoms with Crippen LogP contribution in [-0.2, 0) is 33.5 Å². The number of oxime groups is 2. The van der Waals surface area contributed by atoms with Gasteiger partial charge in [-0.25, -0.2) is 0 Å². The van der Waals surface area contributed by atoms with Crippen molar-refractivity contribution < 1.29 is 48.0 Å². The summed E-state index contributed by atoms with van der Waals surface area (Å²) >= 11 is 0. The molecule has 0 atom stereocenters. The van der Waals surface area contributed by atoms with Gasteiger partial charge in [-0.1, -0.05) is 19.0 Å². The van der Waals surface area contributed by atoms with Gasteiger partial charge in [0.15, 0.2) is 0 Å². The molecule has 0 spiro atoms. The summed E-state index contributed by atoms with van der Waals surface area (Å²) < 4.78 is 103. The minimum Gasteiger partial charge on any atom is -0.493 e. The van der Waals surface area contributed by atoms with E-state index in [1.54, 1.807) is 38.1 Å². The lowest BCUT2D eigenvalue weighted by molar-refractivity contribution is -0.0810. The molecule has 0 aliphatic heterocycles. The number of ether oxygens (including phenoxy) is 2. The molecule has 10 nitrogen and oxygen atoms in total. The molecule has 0 aromatic heterocycles. The summed E-state index contributed by atoms with van der Waals surface area (Å²) in [4.78, 5) is 0. The lowest BCUT2D eigenvalue weighted by Gasteiger charge is -2.12. The van der Waals surface area contributed by atoms with Gasteiger partial charge in [0.2, 0.25) is 0 Å². The average molecular weight is 533 g/mol. The zero-order chi connectivity index (χ0) is 25.8. The van der Waals surface area contributed by atoms with Crippen LogP contribution >= 0.6 is 0 Å². The smallest absolute Gasteiger partial charge is 0.471 e. The Bertz CT molecular complexity index is 1040. The second-order valence-corrected chi connectivity index (χ2v) is 10.2. The quantitative estimate of drug-likeness (QED) is 0.154. The van der Waals surface area contributed by atoms with Crippen LogP contribution < -0.4 is 4.74 Å². The predicted molar refractivity (Wildman–Crippen MR) is 119 cm³/mol. The molecule has 1 rings (SSSR count). The van der Waals surface area contributed by atoms with E-state index in [1.165, 1.54) is 6.92 Å². The number of nitrogens with zero attached hydrogens (tertiary/aromatic N) is 2. The third-order valence-electron chi connectivity index (χ3n) is 3.74. The number of hydrogen-bond acceptors (Lipinski definition) is 10. The average Bonchev–Trinajstić information content (AvgIpc) is 2.73. The van der Waals surface area contributed by atoms with Crippen LogP contribution in [0.1, 0.15) is 45.6 Å². The maximum absolute atomic E-state index is 12.9. The van der Waals surface area contributed by atoms with Gasteiger partial charge in [-0.05, 0) is 54.8 Å². The van der Waals surface area contributed by atoms with Gasteiger partial charge in [0.05, 0.1) is 30.4 Å². The Hall–Kier alpha value is -2.55. The van der Waals surface area contributed by atoms with Crippen molar-refractivity contribution in [3.05, 3.63) is 29.8 Å². The van der Waals surface area contributed by atoms with Crippen molar-refractivity contribution >= 4 is 31.8 Å². The molecule has 194 valence electrons. The van der Waals surface area contributed by atoms with Gasteiger partial charge in [0.25, 0.3) is 0 Å². The number of benzene rings is 1. The number of rotatable bonds is 14. The summed E-state index contributed by atoms with van der Waals surface area (Å²) in [6.07, 6.45) is -4.45. The van der Waals surface area contributed by atoms with E-state index >= 15 is 0 Å². The zero-order valence-electron chi connectivity index (χ0n) is 18.9. The third-order valence-corrected chi connectivity index (χ3v) is 6.16. The highest BCUT2D eigenvalue weighted by atomic mass is 32.2. The Balaban J connectivity index is 2.55. The fourth-order valence-corrected chi connectivity index (χ4v) is 3.76. The summed E-state index contributed by atoms with van der Waals surface area (Å²) in [7, 11) is -7.95. The van der Waals surface area contributed by atoms with E-state index < -0.39 is 44.7 Å². The van der Waals surface area contributed by atoms with Gasteiger partial charge in [0, 0.05) is 6.42 Å². The summed E-state index contributed by atoms with van der Waals surface area (Å²) in [5.41, 5.74) is 0.896. The molecule has 0 N–H and O–H groups in total. The molecule has 0 heterocycles. The summed E-state index contributed by atoms with van der Waals surface area (Å²) in [5.74, 6) is -2.05. The van der Waals surface area contributed by atoms with Crippen LogP contribution in [0.25, 0.3) is 0 Å². The van der Waals surface area contributed by atoms with Gasteiger partial charge in [-0.2, -0.15) is 30.0 Å². The molecule has 0 unspecified atom stereocenters. The normalized spacial score (nSPS) is 13.5. The van der Waals surface area contributed by atoms with Crippen molar-refractivity contribution in [1.82, 2.24) is 0 Å². The third kappa shape index (κ3) is 11.5. The first kappa shape index (κ1) is 29.5. The van der Waals surface area contributed by atoms with Crippen LogP contribution in [0, 0.1) is 0 Å². The molecule has 15 heteroatoms. The number of alkyl halides is 3. The highest BCUT2D eigenvalue weighted by molar-refractivity contribution is 7.86. The standard InChI is InChI=1S/C19H27F3N2O8S2/c1-4-13-33(25,26)31-23-15(3)16-7-9-17(10-8-16)29-11-6-12-30-18(19(20,21)22)24-32-34(27,28)14-5-2/h7-10H,4-6,11-14H2,1-3H3/b23-15+,24-18+. The zero-order valence-corrected chi connectivity index (χ0v) is 20.5. The number of hydrogen-bond donors (Lipinski definition) is 0. The van der Waals surface area contributed by atoms with Crippen LogP contribution in [0.2, 0.25) is 0 Å². The van der Waals surface area contributed by atoms with E-state index in [0.29, 0.717) is 23.4 Å². The van der Waals surface area contributed by atoms with E-state index in [2.05, 4.69) is 23.6 Å². The highest BCUT2D eigenvalue weighted by Gasteiger charge is 2.40. The Morgan fingerprint density at radius 1 is 0.882 bits per heavy atom. The molecular weight excluding hydrogens is 505 g/mol. The number of halogens is 3. The van der Waals surface area contributed by atoms with Gasteiger partial charge in [0.1, 0.15) is 5.75 Å². The molecule has 1 aromatic carbocycles. The van der Waals surface area contributed by atoms with Crippen molar-refractivity contribution in [1.29, 1.82) is 0 Å². The van der Waals surface area contributed by atoms with Crippen molar-refractivity contribution in [3.63, 3.8) is 0 Å². The van der Waals surface area contributed by atoms with Crippen LogP contribution in [0.15, 0.2) is 34.6 Å². The van der Waals surface area contributed by atoms with E-state index in [4.69, 9.17) is 4.74 Å². The maximum Gasteiger partial charge on any atom is 0.471 e. The van der Waals surface area contributed by atoms with E-state index in [1.807, 2.05) is 0 Å². The first-order valence-electron chi connectivity index (χ1n) is 10.2. The second-order valence-electron chi connectivity index (χ2n) is 6.82. The Morgan fingerprint density at radius 2 is 1.41 bits per heavy atom. The van der Waals surface area contributed by atoms with Crippen LogP contribution in [0.4, 0.5) is 13.2 Å². The van der Waals surface area contributed by atoms with Gasteiger partial charge < -0.3 is 9.47 Å². The molecule has 0 saturated carbocycles.